The zero-order chi connectivity index (χ0) is 16.1. The molecule has 1 N–H and O–H groups in total. The quantitative estimate of drug-likeness (QED) is 0.775. The fourth-order valence-corrected chi connectivity index (χ4v) is 3.92. The van der Waals surface area contributed by atoms with Gasteiger partial charge < -0.3 is 14.5 Å². The third-order valence-electron chi connectivity index (χ3n) is 5.20. The van der Waals surface area contributed by atoms with Crippen molar-refractivity contribution in [1.82, 2.24) is 4.90 Å². The van der Waals surface area contributed by atoms with Crippen molar-refractivity contribution < 1.29 is 19.2 Å². The Morgan fingerprint density at radius 2 is 1.68 bits per heavy atom. The molecule has 2 heterocycles. The number of amides is 1. The summed E-state index contributed by atoms with van der Waals surface area (Å²) in [6.45, 7) is 8.99. The number of hydrogen-bond acceptors (Lipinski definition) is 3. The number of carbonyl (C=O) groups is 2. The number of piperidine rings is 2. The minimum absolute atomic E-state index is 0.0339. The van der Waals surface area contributed by atoms with Crippen molar-refractivity contribution in [3.63, 3.8) is 0 Å². The van der Waals surface area contributed by atoms with Gasteiger partial charge in [-0.05, 0) is 40.0 Å². The smallest absolute Gasteiger partial charge is 0.309 e. The number of rotatable bonds is 4. The molecule has 0 aromatic heterocycles. The molecule has 2 fully saturated rings. The predicted octanol–water partition coefficient (Wildman–Crippen LogP) is 0.634. The summed E-state index contributed by atoms with van der Waals surface area (Å²) in [6.07, 6.45) is 5.15. The van der Waals surface area contributed by atoms with Crippen LogP contribution in [0.2, 0.25) is 0 Å². The van der Waals surface area contributed by atoms with Crippen LogP contribution in [0.3, 0.4) is 0 Å². The largest absolute Gasteiger partial charge is 0.466 e. The van der Waals surface area contributed by atoms with Gasteiger partial charge in [0.25, 0.3) is 5.91 Å². The van der Waals surface area contributed by atoms with Crippen LogP contribution in [-0.4, -0.2) is 55.1 Å². The van der Waals surface area contributed by atoms with E-state index in [1.165, 1.54) is 11.3 Å². The van der Waals surface area contributed by atoms with Crippen LogP contribution >= 0.6 is 0 Å². The lowest BCUT2D eigenvalue weighted by Gasteiger charge is -2.39. The van der Waals surface area contributed by atoms with Crippen molar-refractivity contribution in [3.05, 3.63) is 0 Å². The maximum Gasteiger partial charge on any atom is 0.309 e. The summed E-state index contributed by atoms with van der Waals surface area (Å²) in [4.78, 5) is 27.8. The number of carbonyl (C=O) groups excluding carboxylic acids is 2. The minimum atomic E-state index is -0.0637. The monoisotopic (exact) mass is 311 g/mol. The van der Waals surface area contributed by atoms with Crippen LogP contribution in [-0.2, 0) is 14.3 Å². The van der Waals surface area contributed by atoms with E-state index < -0.39 is 0 Å². The molecule has 2 atom stereocenters. The van der Waals surface area contributed by atoms with E-state index in [1.54, 1.807) is 0 Å². The molecular formula is C17H31N2O3+. The van der Waals surface area contributed by atoms with Crippen molar-refractivity contribution in [2.45, 2.75) is 65.0 Å². The molecule has 2 rings (SSSR count). The molecule has 0 spiro atoms. The highest BCUT2D eigenvalue weighted by atomic mass is 16.5. The summed E-state index contributed by atoms with van der Waals surface area (Å²) in [6, 6.07) is 0.737. The van der Waals surface area contributed by atoms with Gasteiger partial charge in [0.1, 0.15) is 0 Å². The molecular weight excluding hydrogens is 280 g/mol. The highest BCUT2D eigenvalue weighted by Crippen LogP contribution is 2.22. The van der Waals surface area contributed by atoms with Crippen molar-refractivity contribution in [2.24, 2.45) is 5.92 Å². The highest BCUT2D eigenvalue weighted by Gasteiger charge is 2.33. The van der Waals surface area contributed by atoms with Crippen LogP contribution in [0.5, 0.6) is 0 Å². The number of ether oxygens (including phenoxy) is 1. The van der Waals surface area contributed by atoms with Gasteiger partial charge in [0, 0.05) is 24.9 Å². The lowest BCUT2D eigenvalue weighted by Crippen LogP contribution is -3.14. The van der Waals surface area contributed by atoms with Gasteiger partial charge in [0.05, 0.1) is 25.6 Å². The molecule has 0 bridgehead atoms. The number of hydrogen-bond donors (Lipinski definition) is 1. The molecule has 5 nitrogen and oxygen atoms in total. The lowest BCUT2D eigenvalue weighted by atomic mass is 9.96. The van der Waals surface area contributed by atoms with Crippen LogP contribution in [0.25, 0.3) is 0 Å². The van der Waals surface area contributed by atoms with Gasteiger partial charge >= 0.3 is 5.97 Å². The Bertz CT molecular complexity index is 381. The van der Waals surface area contributed by atoms with E-state index >= 15 is 0 Å². The third kappa shape index (κ3) is 4.22. The summed E-state index contributed by atoms with van der Waals surface area (Å²) in [5.74, 6) is 0.252. The molecule has 2 aliphatic rings. The van der Waals surface area contributed by atoms with E-state index in [-0.39, 0.29) is 17.8 Å². The van der Waals surface area contributed by atoms with E-state index in [1.807, 2.05) is 6.92 Å². The average molecular weight is 311 g/mol. The van der Waals surface area contributed by atoms with Gasteiger partial charge in [-0.3, -0.25) is 9.59 Å². The molecule has 0 unspecified atom stereocenters. The van der Waals surface area contributed by atoms with E-state index in [0.29, 0.717) is 25.2 Å². The third-order valence-corrected chi connectivity index (χ3v) is 5.20. The van der Waals surface area contributed by atoms with E-state index in [2.05, 4.69) is 18.7 Å². The second-order valence-electron chi connectivity index (χ2n) is 6.88. The van der Waals surface area contributed by atoms with Crippen LogP contribution in [0.15, 0.2) is 0 Å². The van der Waals surface area contributed by atoms with Crippen LogP contribution in [0.1, 0.15) is 52.9 Å². The van der Waals surface area contributed by atoms with E-state index in [0.717, 1.165) is 38.8 Å². The number of nitrogens with zero attached hydrogens (tertiary/aromatic N) is 1. The number of esters is 1. The molecule has 0 radical (unpaired) electrons. The Morgan fingerprint density at radius 1 is 1.09 bits per heavy atom. The second kappa shape index (κ2) is 7.95. The summed E-state index contributed by atoms with van der Waals surface area (Å²) >= 11 is 0. The molecule has 1 amide bonds. The Kier molecular flexibility index (Phi) is 6.24. The number of quaternary nitrogens is 1. The van der Waals surface area contributed by atoms with Crippen molar-refractivity contribution in [3.8, 4) is 0 Å². The average Bonchev–Trinajstić information content (AvgIpc) is 2.48. The van der Waals surface area contributed by atoms with Gasteiger partial charge in [-0.25, -0.2) is 0 Å². The molecule has 0 aromatic carbocycles. The number of likely N-dealkylation sites (tertiary alicyclic amines) is 2. The first-order chi connectivity index (χ1) is 10.5. The van der Waals surface area contributed by atoms with Crippen LogP contribution in [0.4, 0.5) is 0 Å². The van der Waals surface area contributed by atoms with Gasteiger partial charge in [-0.15, -0.1) is 0 Å². The zero-order valence-corrected chi connectivity index (χ0v) is 14.3. The second-order valence-corrected chi connectivity index (χ2v) is 6.88. The van der Waals surface area contributed by atoms with Crippen molar-refractivity contribution in [1.29, 1.82) is 0 Å². The molecule has 126 valence electrons. The van der Waals surface area contributed by atoms with Gasteiger partial charge in [0.2, 0.25) is 0 Å². The summed E-state index contributed by atoms with van der Waals surface area (Å²) in [7, 11) is 0. The standard InChI is InChI=1S/C17H30N2O3/c1-4-22-17(21)15-8-10-18(11-9-15)12-16(20)19-13(2)6-5-7-14(19)3/h13-15H,4-12H2,1-3H3/p+1/t13-,14+. The fraction of sp³-hybridized carbons (Fsp3) is 0.882. The lowest BCUT2D eigenvalue weighted by molar-refractivity contribution is -0.898. The maximum absolute atomic E-state index is 12.6. The summed E-state index contributed by atoms with van der Waals surface area (Å²) in [5, 5.41) is 0. The molecule has 0 aliphatic carbocycles. The molecule has 0 saturated carbocycles. The first kappa shape index (κ1) is 17.3. The fourth-order valence-electron chi connectivity index (χ4n) is 3.92. The van der Waals surface area contributed by atoms with Crippen LogP contribution < -0.4 is 4.90 Å². The zero-order valence-electron chi connectivity index (χ0n) is 14.3. The predicted molar refractivity (Wildman–Crippen MR) is 84.5 cm³/mol. The summed E-state index contributed by atoms with van der Waals surface area (Å²) in [5.41, 5.74) is 0. The maximum atomic E-state index is 12.6. The van der Waals surface area contributed by atoms with Crippen molar-refractivity contribution in [2.75, 3.05) is 26.2 Å². The highest BCUT2D eigenvalue weighted by molar-refractivity contribution is 5.78. The Balaban J connectivity index is 1.80. The molecule has 2 saturated heterocycles. The molecule has 2 aliphatic heterocycles. The Hall–Kier alpha value is -1.10. The Labute approximate surface area is 134 Å². The molecule has 0 aromatic rings. The molecule has 22 heavy (non-hydrogen) atoms. The van der Waals surface area contributed by atoms with Crippen LogP contribution in [0, 0.1) is 5.92 Å². The summed E-state index contributed by atoms with van der Waals surface area (Å²) < 4.78 is 5.10. The van der Waals surface area contributed by atoms with Gasteiger partial charge in [-0.2, -0.15) is 0 Å². The SMILES string of the molecule is CCOC(=O)C1CC[NH+](CC(=O)N2[C@H](C)CCC[C@@H]2C)CC1. The first-order valence-electron chi connectivity index (χ1n) is 8.84. The minimum Gasteiger partial charge on any atom is -0.466 e. The first-order valence-corrected chi connectivity index (χ1v) is 8.84. The van der Waals surface area contributed by atoms with Gasteiger partial charge in [0.15, 0.2) is 6.54 Å². The Morgan fingerprint density at radius 3 is 2.23 bits per heavy atom. The molecule has 5 heteroatoms. The van der Waals surface area contributed by atoms with Crippen molar-refractivity contribution >= 4 is 11.9 Å². The number of nitrogens with one attached hydrogen (secondary N) is 1. The normalized spacial score (nSPS) is 32.6. The van der Waals surface area contributed by atoms with Gasteiger partial charge in [-0.1, -0.05) is 0 Å². The van der Waals surface area contributed by atoms with E-state index in [4.69, 9.17) is 4.74 Å². The van der Waals surface area contributed by atoms with E-state index in [9.17, 15) is 9.59 Å². The topological polar surface area (TPSA) is 51.1 Å².